The van der Waals surface area contributed by atoms with Crippen LogP contribution in [0.1, 0.15) is 58.8 Å². The lowest BCUT2D eigenvalue weighted by atomic mass is 9.35. The van der Waals surface area contributed by atoms with Crippen molar-refractivity contribution in [1.29, 1.82) is 0 Å². The number of Topliss-reactive ketones (excluding diaryl/α,β-unsaturated/α-hetero) is 1. The van der Waals surface area contributed by atoms with E-state index in [0.717, 1.165) is 50.5 Å². The smallest absolute Gasteiger partial charge is 0.211 e. The SMILES string of the molecule is C=C1C(=O)[C@]23CC[C@H]1CC2C1([C@H]2OCCN2C=O)CCCC(C)(C)C1C[C@H]3O. The second-order valence-electron chi connectivity index (χ2n) is 10.7. The molecule has 5 aliphatic carbocycles. The summed E-state index contributed by atoms with van der Waals surface area (Å²) in [4.78, 5) is 27.3. The largest absolute Gasteiger partial charge is 0.392 e. The van der Waals surface area contributed by atoms with E-state index in [2.05, 4.69) is 20.4 Å². The maximum absolute atomic E-state index is 13.5. The van der Waals surface area contributed by atoms with E-state index in [-0.39, 0.29) is 40.6 Å². The van der Waals surface area contributed by atoms with Crippen molar-refractivity contribution in [3.63, 3.8) is 0 Å². The Morgan fingerprint density at radius 1 is 1.21 bits per heavy atom. The average molecular weight is 388 g/mol. The Kier molecular flexibility index (Phi) is 3.97. The molecule has 1 heterocycles. The fourth-order valence-electron chi connectivity index (χ4n) is 8.36. The highest BCUT2D eigenvalue weighted by atomic mass is 16.5. The van der Waals surface area contributed by atoms with Gasteiger partial charge in [-0.05, 0) is 67.3 Å². The molecule has 0 radical (unpaired) electrons. The minimum Gasteiger partial charge on any atom is -0.392 e. The van der Waals surface area contributed by atoms with E-state index < -0.39 is 11.5 Å². The molecule has 1 N–H and O–H groups in total. The third-order valence-electron chi connectivity index (χ3n) is 9.50. The summed E-state index contributed by atoms with van der Waals surface area (Å²) in [6, 6.07) is 0. The predicted molar refractivity (Wildman–Crippen MR) is 104 cm³/mol. The molecule has 5 nitrogen and oxygen atoms in total. The van der Waals surface area contributed by atoms with Gasteiger partial charge in [0.1, 0.15) is 6.23 Å². The van der Waals surface area contributed by atoms with E-state index in [1.165, 1.54) is 0 Å². The summed E-state index contributed by atoms with van der Waals surface area (Å²) < 4.78 is 6.28. The zero-order chi connectivity index (χ0) is 19.9. The van der Waals surface area contributed by atoms with Gasteiger partial charge in [-0.15, -0.1) is 0 Å². The first-order valence-electron chi connectivity index (χ1n) is 11.0. The van der Waals surface area contributed by atoms with Crippen LogP contribution in [0.4, 0.5) is 0 Å². The minimum absolute atomic E-state index is 0.0537. The Morgan fingerprint density at radius 2 is 2.00 bits per heavy atom. The molecule has 1 saturated heterocycles. The summed E-state index contributed by atoms with van der Waals surface area (Å²) in [6.07, 6.45) is 6.44. The monoisotopic (exact) mass is 387 g/mol. The highest BCUT2D eigenvalue weighted by molar-refractivity contribution is 6.02. The van der Waals surface area contributed by atoms with Gasteiger partial charge in [0.2, 0.25) is 6.41 Å². The maximum atomic E-state index is 13.5. The summed E-state index contributed by atoms with van der Waals surface area (Å²) in [5, 5.41) is 11.4. The summed E-state index contributed by atoms with van der Waals surface area (Å²) in [5.41, 5.74) is -0.202. The van der Waals surface area contributed by atoms with Gasteiger partial charge in [0.25, 0.3) is 0 Å². The molecule has 7 atom stereocenters. The second-order valence-corrected chi connectivity index (χ2v) is 10.7. The lowest BCUT2D eigenvalue weighted by Crippen LogP contribution is -2.72. The number of aliphatic hydroxyl groups excluding tert-OH is 1. The van der Waals surface area contributed by atoms with Crippen molar-refractivity contribution in [2.24, 2.45) is 34.0 Å². The first kappa shape index (κ1) is 18.8. The molecule has 154 valence electrons. The zero-order valence-corrected chi connectivity index (χ0v) is 17.2. The number of fused-ring (bicyclic) bond motifs is 3. The van der Waals surface area contributed by atoms with Crippen LogP contribution in [0.25, 0.3) is 0 Å². The van der Waals surface area contributed by atoms with Crippen molar-refractivity contribution in [3.8, 4) is 0 Å². The molecule has 3 unspecified atom stereocenters. The van der Waals surface area contributed by atoms with Crippen LogP contribution in [-0.4, -0.2) is 47.7 Å². The van der Waals surface area contributed by atoms with Crippen LogP contribution in [0, 0.1) is 34.0 Å². The highest BCUT2D eigenvalue weighted by Gasteiger charge is 2.73. The molecule has 28 heavy (non-hydrogen) atoms. The lowest BCUT2D eigenvalue weighted by Gasteiger charge is -2.70. The first-order valence-corrected chi connectivity index (χ1v) is 11.0. The van der Waals surface area contributed by atoms with Gasteiger partial charge < -0.3 is 14.7 Å². The molecule has 6 fully saturated rings. The number of ether oxygens (including phenoxy) is 1. The summed E-state index contributed by atoms with van der Waals surface area (Å²) in [5.74, 6) is 0.628. The summed E-state index contributed by atoms with van der Waals surface area (Å²) in [7, 11) is 0. The standard InChI is InChI=1S/C23H33NO4/c1-14-15-5-8-23(19(14)27)17(11-15)22(20-24(13-25)9-10-28-20)7-4-6-21(2,3)16(22)12-18(23)26/h13,15-18,20,26H,1,4-12H2,2-3H3/t15-,16?,17?,18+,20+,22?,23+/m0/s1. The number of aliphatic hydroxyl groups is 1. The van der Waals surface area contributed by atoms with Gasteiger partial charge in [0, 0.05) is 12.0 Å². The highest BCUT2D eigenvalue weighted by Crippen LogP contribution is 2.72. The molecule has 2 bridgehead atoms. The zero-order valence-electron chi connectivity index (χ0n) is 17.2. The summed E-state index contributed by atoms with van der Waals surface area (Å²) >= 11 is 0. The van der Waals surface area contributed by atoms with E-state index in [1.807, 2.05) is 4.90 Å². The minimum atomic E-state index is -0.726. The van der Waals surface area contributed by atoms with E-state index in [9.17, 15) is 14.7 Å². The Hall–Kier alpha value is -1.20. The number of allylic oxidation sites excluding steroid dienone is 1. The van der Waals surface area contributed by atoms with Gasteiger partial charge in [-0.2, -0.15) is 0 Å². The van der Waals surface area contributed by atoms with Crippen LogP contribution in [0.5, 0.6) is 0 Å². The van der Waals surface area contributed by atoms with Crippen LogP contribution in [0.2, 0.25) is 0 Å². The molecule has 1 amide bonds. The number of ketones is 1. The van der Waals surface area contributed by atoms with Crippen LogP contribution in [0.15, 0.2) is 12.2 Å². The Morgan fingerprint density at radius 3 is 2.75 bits per heavy atom. The fourth-order valence-corrected chi connectivity index (χ4v) is 8.36. The topological polar surface area (TPSA) is 66.8 Å². The van der Waals surface area contributed by atoms with Gasteiger partial charge in [-0.3, -0.25) is 9.59 Å². The number of hydrogen-bond donors (Lipinski definition) is 1. The van der Waals surface area contributed by atoms with E-state index in [0.29, 0.717) is 19.6 Å². The Bertz CT molecular complexity index is 732. The molecule has 5 heteroatoms. The molecule has 0 aromatic heterocycles. The third-order valence-corrected chi connectivity index (χ3v) is 9.50. The van der Waals surface area contributed by atoms with Crippen molar-refractivity contribution in [2.45, 2.75) is 71.1 Å². The van der Waals surface area contributed by atoms with Gasteiger partial charge in [0.05, 0.1) is 18.1 Å². The molecule has 1 aliphatic heterocycles. The number of carbonyl (C=O) groups is 2. The van der Waals surface area contributed by atoms with Crippen LogP contribution in [0.3, 0.4) is 0 Å². The Labute approximate surface area is 167 Å². The number of amides is 1. The van der Waals surface area contributed by atoms with Crippen LogP contribution < -0.4 is 0 Å². The summed E-state index contributed by atoms with van der Waals surface area (Å²) in [6.45, 7) is 9.91. The quantitative estimate of drug-likeness (QED) is 0.584. The number of carbonyl (C=O) groups excluding carboxylic acids is 2. The normalized spacial score (nSPS) is 49.7. The van der Waals surface area contributed by atoms with Crippen molar-refractivity contribution in [3.05, 3.63) is 12.2 Å². The third kappa shape index (κ3) is 2.05. The molecular weight excluding hydrogens is 354 g/mol. The van der Waals surface area contributed by atoms with E-state index in [1.54, 1.807) is 0 Å². The molecule has 0 aromatic rings. The number of hydrogen-bond acceptors (Lipinski definition) is 4. The van der Waals surface area contributed by atoms with Gasteiger partial charge in [-0.25, -0.2) is 0 Å². The average Bonchev–Trinajstić information content (AvgIpc) is 3.15. The fraction of sp³-hybridized carbons (Fsp3) is 0.826. The molecule has 5 saturated carbocycles. The first-order chi connectivity index (χ1) is 13.3. The molecule has 0 aromatic carbocycles. The van der Waals surface area contributed by atoms with Crippen molar-refractivity contribution in [2.75, 3.05) is 13.2 Å². The van der Waals surface area contributed by atoms with Crippen molar-refractivity contribution in [1.82, 2.24) is 4.90 Å². The predicted octanol–water partition coefficient (Wildman–Crippen LogP) is 2.92. The molecule has 6 aliphatic rings. The van der Waals surface area contributed by atoms with E-state index in [4.69, 9.17) is 4.74 Å². The second kappa shape index (κ2) is 5.91. The Balaban J connectivity index is 1.71. The molecule has 6 rings (SSSR count). The van der Waals surface area contributed by atoms with Crippen LogP contribution in [-0.2, 0) is 14.3 Å². The number of nitrogens with zero attached hydrogens (tertiary/aromatic N) is 1. The van der Waals surface area contributed by atoms with Crippen LogP contribution >= 0.6 is 0 Å². The van der Waals surface area contributed by atoms with Gasteiger partial charge in [-0.1, -0.05) is 26.8 Å². The lowest BCUT2D eigenvalue weighted by molar-refractivity contribution is -0.260. The molecule has 1 spiro atoms. The van der Waals surface area contributed by atoms with Crippen molar-refractivity contribution < 1.29 is 19.4 Å². The number of rotatable bonds is 2. The van der Waals surface area contributed by atoms with Gasteiger partial charge in [0.15, 0.2) is 5.78 Å². The van der Waals surface area contributed by atoms with E-state index >= 15 is 0 Å². The van der Waals surface area contributed by atoms with Gasteiger partial charge >= 0.3 is 0 Å². The van der Waals surface area contributed by atoms with Crippen molar-refractivity contribution >= 4 is 12.2 Å². The maximum Gasteiger partial charge on any atom is 0.211 e. The molecular formula is C23H33NO4.